The average Bonchev–Trinajstić information content (AvgIpc) is 3.11. The number of aromatic nitrogens is 3. The summed E-state index contributed by atoms with van der Waals surface area (Å²) in [6.07, 6.45) is -4.93. The van der Waals surface area contributed by atoms with E-state index in [0.717, 1.165) is 12.1 Å². The van der Waals surface area contributed by atoms with Crippen molar-refractivity contribution in [1.82, 2.24) is 14.4 Å². The van der Waals surface area contributed by atoms with Crippen LogP contribution in [0.25, 0.3) is 16.8 Å². The Morgan fingerprint density at radius 1 is 0.774 bits per heavy atom. The van der Waals surface area contributed by atoms with Crippen molar-refractivity contribution >= 4 is 5.65 Å². The lowest BCUT2D eigenvalue weighted by molar-refractivity contribution is -0.141. The predicted molar refractivity (Wildman–Crippen MR) is 101 cm³/mol. The Kier molecular flexibility index (Phi) is 4.93. The maximum absolute atomic E-state index is 13.5. The van der Waals surface area contributed by atoms with Crippen molar-refractivity contribution in [3.8, 4) is 23.0 Å². The summed E-state index contributed by atoms with van der Waals surface area (Å²) in [7, 11) is 0. The first-order valence-electron chi connectivity index (χ1n) is 8.82. The van der Waals surface area contributed by atoms with Crippen LogP contribution in [0.15, 0.2) is 67.1 Å². The fourth-order valence-corrected chi connectivity index (χ4v) is 2.95. The monoisotopic (exact) mass is 431 g/mol. The second-order valence-corrected chi connectivity index (χ2v) is 6.52. The van der Waals surface area contributed by atoms with Gasteiger partial charge in [0.25, 0.3) is 0 Å². The van der Waals surface area contributed by atoms with Crippen LogP contribution in [0.5, 0.6) is 0 Å². The molecule has 0 aliphatic heterocycles. The van der Waals surface area contributed by atoms with Crippen LogP contribution < -0.4 is 0 Å². The van der Waals surface area contributed by atoms with Crippen LogP contribution in [0.3, 0.4) is 0 Å². The van der Waals surface area contributed by atoms with Gasteiger partial charge in [0.1, 0.15) is 11.3 Å². The van der Waals surface area contributed by atoms with Crippen molar-refractivity contribution in [2.24, 2.45) is 0 Å². The van der Waals surface area contributed by atoms with E-state index in [1.807, 2.05) is 0 Å². The molecule has 0 N–H and O–H groups in total. The van der Waals surface area contributed by atoms with Crippen molar-refractivity contribution in [1.29, 1.82) is 0 Å². The summed E-state index contributed by atoms with van der Waals surface area (Å²) in [5, 5.41) is 0. The number of fused-ring (bicyclic) bond motifs is 1. The van der Waals surface area contributed by atoms with Crippen LogP contribution in [0, 0.1) is 11.8 Å². The summed E-state index contributed by atoms with van der Waals surface area (Å²) in [5.41, 5.74) is -1.08. The van der Waals surface area contributed by atoms with Gasteiger partial charge in [-0.2, -0.15) is 26.3 Å². The van der Waals surface area contributed by atoms with Crippen molar-refractivity contribution in [3.63, 3.8) is 0 Å². The maximum atomic E-state index is 13.5. The Morgan fingerprint density at radius 3 is 2.10 bits per heavy atom. The van der Waals surface area contributed by atoms with Gasteiger partial charge in [-0.25, -0.2) is 4.98 Å². The third-order valence-electron chi connectivity index (χ3n) is 4.42. The molecule has 4 aromatic rings. The maximum Gasteiger partial charge on any atom is 0.436 e. The predicted octanol–water partition coefficient (Wildman–Crippen LogP) is 5.83. The van der Waals surface area contributed by atoms with Crippen LogP contribution in [-0.4, -0.2) is 14.4 Å². The summed E-state index contributed by atoms with van der Waals surface area (Å²) in [5.74, 6) is 5.15. The van der Waals surface area contributed by atoms with Gasteiger partial charge in [0.2, 0.25) is 0 Å². The topological polar surface area (TPSA) is 30.2 Å². The molecule has 31 heavy (non-hydrogen) atoms. The fraction of sp³-hybridized carbons (Fsp3) is 0.0909. The Morgan fingerprint density at radius 2 is 1.48 bits per heavy atom. The molecule has 0 aliphatic carbocycles. The number of imidazole rings is 1. The molecule has 3 heterocycles. The minimum Gasteiger partial charge on any atom is -0.292 e. The highest BCUT2D eigenvalue weighted by atomic mass is 19.4. The second-order valence-electron chi connectivity index (χ2n) is 6.52. The lowest BCUT2D eigenvalue weighted by Gasteiger charge is -2.08. The molecule has 0 unspecified atom stereocenters. The van der Waals surface area contributed by atoms with E-state index >= 15 is 0 Å². The Labute approximate surface area is 172 Å². The van der Waals surface area contributed by atoms with Crippen molar-refractivity contribution < 1.29 is 26.3 Å². The van der Waals surface area contributed by atoms with Crippen LogP contribution in [-0.2, 0) is 12.4 Å². The van der Waals surface area contributed by atoms with E-state index in [4.69, 9.17) is 0 Å². The highest BCUT2D eigenvalue weighted by Gasteiger charge is 2.37. The Balaban J connectivity index is 1.84. The molecule has 0 amide bonds. The standard InChI is InChI=1S/C22H11F6N3/c23-21(24,25)17-7-4-15(5-8-17)16-6-10-19-30-20(22(26,27)28)18(31(19)13-16)9-3-14-2-1-11-29-12-14/h1-2,4-8,10-13H. The quantitative estimate of drug-likeness (QED) is 0.280. The molecule has 0 atom stereocenters. The molecule has 0 bridgehead atoms. The molecule has 156 valence electrons. The summed E-state index contributed by atoms with van der Waals surface area (Å²) in [6.45, 7) is 0. The summed E-state index contributed by atoms with van der Waals surface area (Å²) in [6, 6.07) is 10.4. The average molecular weight is 431 g/mol. The second kappa shape index (κ2) is 7.47. The number of alkyl halides is 6. The van der Waals surface area contributed by atoms with Gasteiger partial charge >= 0.3 is 12.4 Å². The minimum absolute atomic E-state index is 0.0125. The van der Waals surface area contributed by atoms with E-state index in [1.54, 1.807) is 12.1 Å². The van der Waals surface area contributed by atoms with Gasteiger partial charge in [-0.15, -0.1) is 0 Å². The molecule has 1 aromatic carbocycles. The van der Waals surface area contributed by atoms with E-state index in [-0.39, 0.29) is 11.3 Å². The van der Waals surface area contributed by atoms with Crippen LogP contribution in [0.2, 0.25) is 0 Å². The molecule has 9 heteroatoms. The van der Waals surface area contributed by atoms with Crippen molar-refractivity contribution in [2.75, 3.05) is 0 Å². The first-order valence-corrected chi connectivity index (χ1v) is 8.82. The lowest BCUT2D eigenvalue weighted by atomic mass is 10.1. The minimum atomic E-state index is -4.74. The molecule has 0 aliphatic rings. The molecule has 3 aromatic heterocycles. The van der Waals surface area contributed by atoms with Gasteiger partial charge in [-0.3, -0.25) is 9.38 Å². The zero-order chi connectivity index (χ0) is 22.2. The highest BCUT2D eigenvalue weighted by Crippen LogP contribution is 2.34. The third-order valence-corrected chi connectivity index (χ3v) is 4.42. The van der Waals surface area contributed by atoms with Gasteiger partial charge in [0.05, 0.1) is 5.56 Å². The van der Waals surface area contributed by atoms with Gasteiger partial charge in [-0.1, -0.05) is 18.1 Å². The van der Waals surface area contributed by atoms with Crippen molar-refractivity contribution in [2.45, 2.75) is 12.4 Å². The fourth-order valence-electron chi connectivity index (χ4n) is 2.95. The van der Waals surface area contributed by atoms with Crippen LogP contribution >= 0.6 is 0 Å². The molecule has 0 spiro atoms. The number of pyridine rings is 2. The summed E-state index contributed by atoms with van der Waals surface area (Å²) in [4.78, 5) is 7.52. The van der Waals surface area contributed by atoms with Gasteiger partial charge in [-0.05, 0) is 53.4 Å². The van der Waals surface area contributed by atoms with E-state index < -0.39 is 23.6 Å². The van der Waals surface area contributed by atoms with Gasteiger partial charge in [0, 0.05) is 24.2 Å². The SMILES string of the molecule is FC(F)(F)c1ccc(-c2ccc3nc(C(F)(F)F)c(C#Cc4cccnc4)n3c2)cc1. The van der Waals surface area contributed by atoms with Crippen LogP contribution in [0.4, 0.5) is 26.3 Å². The van der Waals surface area contributed by atoms with E-state index in [2.05, 4.69) is 21.8 Å². The number of rotatable bonds is 1. The zero-order valence-electron chi connectivity index (χ0n) is 15.5. The van der Waals surface area contributed by atoms with E-state index in [9.17, 15) is 26.3 Å². The lowest BCUT2D eigenvalue weighted by Crippen LogP contribution is -2.08. The summed E-state index contributed by atoms with van der Waals surface area (Å²) < 4.78 is 80.1. The van der Waals surface area contributed by atoms with Gasteiger partial charge < -0.3 is 0 Å². The first kappa shape index (κ1) is 20.5. The molecule has 3 nitrogen and oxygen atoms in total. The number of halogens is 6. The van der Waals surface area contributed by atoms with Gasteiger partial charge in [0.15, 0.2) is 5.69 Å². The van der Waals surface area contributed by atoms with Crippen LogP contribution in [0.1, 0.15) is 22.5 Å². The number of hydrogen-bond donors (Lipinski definition) is 0. The molecule has 0 saturated heterocycles. The first-order chi connectivity index (χ1) is 14.6. The molecule has 0 saturated carbocycles. The Bertz CT molecular complexity index is 1290. The third kappa shape index (κ3) is 4.23. The number of hydrogen-bond acceptors (Lipinski definition) is 2. The summed E-state index contributed by atoms with van der Waals surface area (Å²) >= 11 is 0. The van der Waals surface area contributed by atoms with Crippen molar-refractivity contribution in [3.05, 3.63) is 89.6 Å². The Hall–Kier alpha value is -3.80. The smallest absolute Gasteiger partial charge is 0.292 e. The highest BCUT2D eigenvalue weighted by molar-refractivity contribution is 5.66. The van der Waals surface area contributed by atoms with E-state index in [1.165, 1.54) is 47.3 Å². The molecular formula is C22H11F6N3. The number of nitrogens with zero attached hydrogens (tertiary/aromatic N) is 3. The number of benzene rings is 1. The largest absolute Gasteiger partial charge is 0.436 e. The normalized spacial score (nSPS) is 11.9. The molecule has 0 radical (unpaired) electrons. The molecule has 4 rings (SSSR count). The molecule has 0 fully saturated rings. The zero-order valence-corrected chi connectivity index (χ0v) is 15.5. The van der Waals surface area contributed by atoms with E-state index in [0.29, 0.717) is 16.7 Å². The molecular weight excluding hydrogens is 420 g/mol.